The van der Waals surface area contributed by atoms with Gasteiger partial charge in [-0.3, -0.25) is 9.59 Å². The summed E-state index contributed by atoms with van der Waals surface area (Å²) >= 11 is 0. The van der Waals surface area contributed by atoms with Crippen molar-refractivity contribution in [3.8, 4) is 11.8 Å². The minimum atomic E-state index is -3.01. The zero-order valence-corrected chi connectivity index (χ0v) is 15.6. The van der Waals surface area contributed by atoms with Gasteiger partial charge in [-0.05, 0) is 31.8 Å². The van der Waals surface area contributed by atoms with Gasteiger partial charge in [-0.2, -0.15) is 0 Å². The standard InChI is InChI=1S/C20H17F4N3O2/c1-3-5-11(28)27-7-4-6-10(8-27)13-14-12(19(23)24)9(2)26-18(14)15(20(25)29)17(22)16(13)21/h6,19,26H,4,7-8H2,1-2H3,(H2,25,29). The number of carbonyl (C=O) groups is 2. The van der Waals surface area contributed by atoms with E-state index in [1.807, 2.05) is 0 Å². The number of hydrogen-bond donors (Lipinski definition) is 2. The summed E-state index contributed by atoms with van der Waals surface area (Å²) in [5, 5.41) is -0.313. The second kappa shape index (κ2) is 7.62. The third-order valence-corrected chi connectivity index (χ3v) is 4.82. The summed E-state index contributed by atoms with van der Waals surface area (Å²) in [6.07, 6.45) is -1.15. The van der Waals surface area contributed by atoms with E-state index in [2.05, 4.69) is 16.8 Å². The van der Waals surface area contributed by atoms with Crippen LogP contribution in [0.25, 0.3) is 16.5 Å². The first kappa shape index (κ1) is 20.5. The molecule has 0 saturated heterocycles. The Morgan fingerprint density at radius 1 is 1.28 bits per heavy atom. The van der Waals surface area contributed by atoms with Crippen molar-refractivity contribution in [2.24, 2.45) is 5.73 Å². The molecule has 0 radical (unpaired) electrons. The molecule has 2 amide bonds. The molecular weight excluding hydrogens is 390 g/mol. The highest BCUT2D eigenvalue weighted by molar-refractivity contribution is 6.10. The quantitative estimate of drug-likeness (QED) is 0.604. The van der Waals surface area contributed by atoms with Gasteiger partial charge in [-0.1, -0.05) is 12.0 Å². The molecule has 0 aliphatic carbocycles. The Morgan fingerprint density at radius 2 is 1.97 bits per heavy atom. The minimum absolute atomic E-state index is 0.0371. The fourth-order valence-electron chi connectivity index (χ4n) is 3.62. The number of fused-ring (bicyclic) bond motifs is 1. The van der Waals surface area contributed by atoms with Gasteiger partial charge in [0.25, 0.3) is 18.2 Å². The summed E-state index contributed by atoms with van der Waals surface area (Å²) in [6.45, 7) is 2.96. The van der Waals surface area contributed by atoms with Gasteiger partial charge in [-0.15, -0.1) is 0 Å². The van der Waals surface area contributed by atoms with Crippen molar-refractivity contribution in [2.75, 3.05) is 13.1 Å². The van der Waals surface area contributed by atoms with Gasteiger partial charge in [-0.25, -0.2) is 17.6 Å². The molecule has 0 bridgehead atoms. The lowest BCUT2D eigenvalue weighted by Gasteiger charge is -2.27. The fourth-order valence-corrected chi connectivity index (χ4v) is 3.62. The van der Waals surface area contributed by atoms with Gasteiger partial charge in [0.15, 0.2) is 11.6 Å². The predicted octanol–water partition coefficient (Wildman–Crippen LogP) is 3.43. The second-order valence-electron chi connectivity index (χ2n) is 6.58. The molecule has 3 rings (SSSR count). The molecule has 3 N–H and O–H groups in total. The van der Waals surface area contributed by atoms with E-state index < -0.39 is 46.6 Å². The van der Waals surface area contributed by atoms with Crippen LogP contribution >= 0.6 is 0 Å². The fraction of sp³-hybridized carbons (Fsp3) is 0.300. The molecule has 5 nitrogen and oxygen atoms in total. The SMILES string of the molecule is CC#CC(=O)N1CCC=C(c2c(F)c(F)c(C(N)=O)c3[nH]c(C)c(C(F)F)c23)C1. The average Bonchev–Trinajstić information content (AvgIpc) is 2.98. The molecule has 29 heavy (non-hydrogen) atoms. The van der Waals surface area contributed by atoms with Crippen LogP contribution in [0.15, 0.2) is 6.08 Å². The van der Waals surface area contributed by atoms with E-state index in [-0.39, 0.29) is 28.7 Å². The number of nitrogens with zero attached hydrogens (tertiary/aromatic N) is 1. The molecule has 0 unspecified atom stereocenters. The van der Waals surface area contributed by atoms with Crippen LogP contribution in [-0.2, 0) is 4.79 Å². The normalized spacial score (nSPS) is 14.0. The van der Waals surface area contributed by atoms with Gasteiger partial charge in [0, 0.05) is 35.3 Å². The highest BCUT2D eigenvalue weighted by Gasteiger charge is 2.32. The van der Waals surface area contributed by atoms with Crippen LogP contribution in [0.1, 0.15) is 46.9 Å². The summed E-state index contributed by atoms with van der Waals surface area (Å²) in [7, 11) is 0. The Labute approximate surface area is 163 Å². The third kappa shape index (κ3) is 3.35. The maximum atomic E-state index is 15.1. The summed E-state index contributed by atoms with van der Waals surface area (Å²) < 4.78 is 57.3. The van der Waals surface area contributed by atoms with Gasteiger partial charge in [0.1, 0.15) is 5.56 Å². The first-order valence-electron chi connectivity index (χ1n) is 8.71. The number of halogens is 4. The first-order chi connectivity index (χ1) is 13.7. The number of H-pyrrole nitrogens is 1. The van der Waals surface area contributed by atoms with Crippen LogP contribution in [0, 0.1) is 30.4 Å². The molecule has 2 aromatic rings. The number of carbonyl (C=O) groups excluding carboxylic acids is 2. The number of aromatic nitrogens is 1. The summed E-state index contributed by atoms with van der Waals surface area (Å²) in [6, 6.07) is 0. The number of alkyl halides is 2. The number of rotatable bonds is 3. The van der Waals surface area contributed by atoms with Crippen LogP contribution in [-0.4, -0.2) is 34.8 Å². The number of primary amides is 1. The van der Waals surface area contributed by atoms with Crippen LogP contribution in [0.4, 0.5) is 17.6 Å². The summed E-state index contributed by atoms with van der Waals surface area (Å²) in [4.78, 5) is 27.6. The molecule has 0 saturated carbocycles. The maximum absolute atomic E-state index is 15.1. The minimum Gasteiger partial charge on any atom is -0.365 e. The van der Waals surface area contributed by atoms with Crippen molar-refractivity contribution >= 4 is 28.3 Å². The van der Waals surface area contributed by atoms with Crippen LogP contribution < -0.4 is 5.73 Å². The van der Waals surface area contributed by atoms with Gasteiger partial charge < -0.3 is 15.6 Å². The van der Waals surface area contributed by atoms with E-state index in [4.69, 9.17) is 5.73 Å². The van der Waals surface area contributed by atoms with Gasteiger partial charge in [0.2, 0.25) is 0 Å². The Bertz CT molecular complexity index is 1120. The molecule has 2 heterocycles. The van der Waals surface area contributed by atoms with E-state index >= 15 is 4.39 Å². The third-order valence-electron chi connectivity index (χ3n) is 4.82. The number of hydrogen-bond acceptors (Lipinski definition) is 2. The second-order valence-corrected chi connectivity index (χ2v) is 6.58. The first-order valence-corrected chi connectivity index (χ1v) is 8.71. The lowest BCUT2D eigenvalue weighted by atomic mass is 9.92. The number of amides is 2. The number of aryl methyl sites for hydroxylation is 1. The Balaban J connectivity index is 2.33. The highest BCUT2D eigenvalue weighted by Crippen LogP contribution is 2.41. The van der Waals surface area contributed by atoms with Gasteiger partial charge >= 0.3 is 0 Å². The Morgan fingerprint density at radius 3 is 2.55 bits per heavy atom. The molecule has 1 aliphatic heterocycles. The number of aromatic amines is 1. The van der Waals surface area contributed by atoms with E-state index in [0.29, 0.717) is 13.0 Å². The van der Waals surface area contributed by atoms with E-state index in [0.717, 1.165) is 0 Å². The average molecular weight is 407 g/mol. The van der Waals surface area contributed by atoms with Crippen LogP contribution in [0.5, 0.6) is 0 Å². The molecule has 9 heteroatoms. The summed E-state index contributed by atoms with van der Waals surface area (Å²) in [5.41, 5.74) is 3.21. The molecule has 1 aromatic heterocycles. The molecule has 0 spiro atoms. The van der Waals surface area contributed by atoms with E-state index in [9.17, 15) is 22.8 Å². The predicted molar refractivity (Wildman–Crippen MR) is 99.1 cm³/mol. The molecule has 0 atom stereocenters. The van der Waals surface area contributed by atoms with E-state index in [1.54, 1.807) is 6.08 Å². The topological polar surface area (TPSA) is 79.2 Å². The van der Waals surface area contributed by atoms with Gasteiger partial charge in [0.05, 0.1) is 5.52 Å². The summed E-state index contributed by atoms with van der Waals surface area (Å²) in [5.74, 6) is 0.0423. The zero-order valence-electron chi connectivity index (χ0n) is 15.6. The van der Waals surface area contributed by atoms with Crippen molar-refractivity contribution in [1.29, 1.82) is 0 Å². The van der Waals surface area contributed by atoms with Crippen LogP contribution in [0.2, 0.25) is 0 Å². The lowest BCUT2D eigenvalue weighted by Crippen LogP contribution is -2.34. The van der Waals surface area contributed by atoms with Crippen molar-refractivity contribution in [3.63, 3.8) is 0 Å². The van der Waals surface area contributed by atoms with Crippen molar-refractivity contribution in [3.05, 3.63) is 40.1 Å². The zero-order chi connectivity index (χ0) is 21.5. The van der Waals surface area contributed by atoms with E-state index in [1.165, 1.54) is 18.7 Å². The molecule has 0 fully saturated rings. The smallest absolute Gasteiger partial charge is 0.298 e. The lowest BCUT2D eigenvalue weighted by molar-refractivity contribution is -0.124. The number of nitrogens with two attached hydrogens (primary N) is 1. The maximum Gasteiger partial charge on any atom is 0.298 e. The van der Waals surface area contributed by atoms with Crippen molar-refractivity contribution < 1.29 is 27.2 Å². The molecule has 1 aliphatic rings. The van der Waals surface area contributed by atoms with Crippen LogP contribution in [0.3, 0.4) is 0 Å². The molecular formula is C20H17F4N3O2. The Kier molecular flexibility index (Phi) is 5.38. The van der Waals surface area contributed by atoms with Crippen molar-refractivity contribution in [1.82, 2.24) is 9.88 Å². The Hall–Kier alpha value is -3.28. The highest BCUT2D eigenvalue weighted by atomic mass is 19.3. The molecule has 152 valence electrons. The largest absolute Gasteiger partial charge is 0.365 e. The number of nitrogens with one attached hydrogen (secondary N) is 1. The van der Waals surface area contributed by atoms with Crippen molar-refractivity contribution in [2.45, 2.75) is 26.7 Å². The molecule has 1 aromatic carbocycles. The number of benzene rings is 1. The monoisotopic (exact) mass is 407 g/mol.